The van der Waals surface area contributed by atoms with E-state index in [-0.39, 0.29) is 12.5 Å². The Labute approximate surface area is 181 Å². The van der Waals surface area contributed by atoms with Crippen LogP contribution in [0.1, 0.15) is 31.2 Å². The number of nitrogens with zero attached hydrogens (tertiary/aromatic N) is 2. The summed E-state index contributed by atoms with van der Waals surface area (Å²) in [6.07, 6.45) is 2.11. The fourth-order valence-electron chi connectivity index (χ4n) is 4.22. The Morgan fingerprint density at radius 3 is 2.63 bits per heavy atom. The van der Waals surface area contributed by atoms with Gasteiger partial charge < -0.3 is 9.47 Å². The molecule has 1 spiro atoms. The summed E-state index contributed by atoms with van der Waals surface area (Å²) in [6.45, 7) is 1.42. The van der Waals surface area contributed by atoms with Gasteiger partial charge in [0.25, 0.3) is 11.7 Å². The first-order valence-corrected chi connectivity index (χ1v) is 12.3. The van der Waals surface area contributed by atoms with Crippen molar-refractivity contribution in [1.29, 1.82) is 0 Å². The number of carbonyl (C=O) groups is 1. The topological polar surface area (TPSA) is 59.1 Å². The molecule has 2 fully saturated rings. The third-order valence-electron chi connectivity index (χ3n) is 5.74. The fraction of sp³-hybridized carbons (Fsp3) is 0.476. The van der Waals surface area contributed by atoms with Crippen LogP contribution in [-0.2, 0) is 31.0 Å². The maximum atomic E-state index is 13.6. The standard InChI is InChI=1S/C21H23FN2O4S2/c22-15-6-8-23(13-15)30(26)17-4-5-19-18(12-17)21(27-9-2-1-3-10-28-21)20(25)24(19)16-7-11-29-14-16/h4-5,7,11-12,14-15H,1-3,6,8-10,13H2. The number of alkyl halides is 1. The molecule has 2 aromatic rings. The first-order chi connectivity index (χ1) is 14.6. The molecule has 5 rings (SSSR count). The first-order valence-electron chi connectivity index (χ1n) is 10.2. The average molecular weight is 451 g/mol. The quantitative estimate of drug-likeness (QED) is 0.713. The summed E-state index contributed by atoms with van der Waals surface area (Å²) in [7, 11) is -1.51. The average Bonchev–Trinajstić information content (AvgIpc) is 3.44. The molecular formula is C21H23FN2O4S2. The molecule has 1 aromatic heterocycles. The molecule has 1 amide bonds. The summed E-state index contributed by atoms with van der Waals surface area (Å²) in [4.78, 5) is 15.8. The number of carbonyl (C=O) groups excluding carboxylic acids is 1. The molecule has 1 aromatic carbocycles. The van der Waals surface area contributed by atoms with Crippen LogP contribution in [0.15, 0.2) is 39.9 Å². The van der Waals surface area contributed by atoms with Crippen LogP contribution in [0.3, 0.4) is 0 Å². The Bertz CT molecular complexity index is 960. The van der Waals surface area contributed by atoms with Crippen LogP contribution in [-0.4, -0.2) is 46.9 Å². The predicted octanol–water partition coefficient (Wildman–Crippen LogP) is 3.86. The van der Waals surface area contributed by atoms with Crippen molar-refractivity contribution in [1.82, 2.24) is 4.31 Å². The van der Waals surface area contributed by atoms with Crippen LogP contribution in [0.25, 0.3) is 0 Å². The molecule has 0 aliphatic carbocycles. The fourth-order valence-corrected chi connectivity index (χ4v) is 6.11. The van der Waals surface area contributed by atoms with E-state index in [4.69, 9.17) is 9.47 Å². The Morgan fingerprint density at radius 2 is 1.97 bits per heavy atom. The normalized spacial score (nSPS) is 25.3. The maximum Gasteiger partial charge on any atom is 0.297 e. The lowest BCUT2D eigenvalue weighted by Gasteiger charge is -2.30. The van der Waals surface area contributed by atoms with Gasteiger partial charge in [-0.25, -0.2) is 12.9 Å². The molecule has 160 valence electrons. The summed E-state index contributed by atoms with van der Waals surface area (Å²) in [5.41, 5.74) is 2.00. The second-order valence-electron chi connectivity index (χ2n) is 7.70. The summed E-state index contributed by atoms with van der Waals surface area (Å²) >= 11 is 1.50. The first kappa shape index (κ1) is 20.3. The van der Waals surface area contributed by atoms with Crippen molar-refractivity contribution in [2.45, 2.75) is 42.5 Å². The minimum Gasteiger partial charge on any atom is -0.338 e. The number of ether oxygens (including phenoxy) is 2. The summed E-state index contributed by atoms with van der Waals surface area (Å²) in [5.74, 6) is -1.82. The van der Waals surface area contributed by atoms with E-state index >= 15 is 0 Å². The second-order valence-corrected chi connectivity index (χ2v) is 9.96. The molecular weight excluding hydrogens is 427 g/mol. The molecule has 3 aliphatic heterocycles. The summed E-state index contributed by atoms with van der Waals surface area (Å²) < 4.78 is 40.5. The predicted molar refractivity (Wildman–Crippen MR) is 113 cm³/mol. The highest BCUT2D eigenvalue weighted by atomic mass is 32.2. The van der Waals surface area contributed by atoms with Crippen molar-refractivity contribution < 1.29 is 22.9 Å². The van der Waals surface area contributed by atoms with E-state index in [0.29, 0.717) is 42.3 Å². The van der Waals surface area contributed by atoms with E-state index in [1.807, 2.05) is 16.8 Å². The maximum absolute atomic E-state index is 13.6. The molecule has 2 saturated heterocycles. The van der Waals surface area contributed by atoms with Gasteiger partial charge in [0.2, 0.25) is 0 Å². The zero-order valence-corrected chi connectivity index (χ0v) is 18.1. The molecule has 9 heteroatoms. The highest BCUT2D eigenvalue weighted by Crippen LogP contribution is 2.48. The minimum atomic E-state index is -1.54. The highest BCUT2D eigenvalue weighted by molar-refractivity contribution is 7.82. The Morgan fingerprint density at radius 1 is 1.17 bits per heavy atom. The number of amides is 1. The number of thiophene rings is 1. The largest absolute Gasteiger partial charge is 0.338 e. The van der Waals surface area contributed by atoms with Crippen LogP contribution in [0.4, 0.5) is 15.8 Å². The van der Waals surface area contributed by atoms with Gasteiger partial charge in [0.05, 0.1) is 29.5 Å². The zero-order chi connectivity index (χ0) is 20.7. The van der Waals surface area contributed by atoms with Gasteiger partial charge in [-0.2, -0.15) is 11.3 Å². The number of hydrogen-bond donors (Lipinski definition) is 0. The van der Waals surface area contributed by atoms with Crippen LogP contribution in [0.5, 0.6) is 0 Å². The number of benzene rings is 1. The van der Waals surface area contributed by atoms with E-state index in [9.17, 15) is 13.4 Å². The van der Waals surface area contributed by atoms with Gasteiger partial charge in [-0.1, -0.05) is 0 Å². The van der Waals surface area contributed by atoms with Crippen LogP contribution in [0, 0.1) is 0 Å². The number of fused-ring (bicyclic) bond motifs is 2. The molecule has 0 N–H and O–H groups in total. The van der Waals surface area contributed by atoms with Gasteiger partial charge in [-0.15, -0.1) is 0 Å². The van der Waals surface area contributed by atoms with Gasteiger partial charge in [0.15, 0.2) is 0 Å². The monoisotopic (exact) mass is 450 g/mol. The van der Waals surface area contributed by atoms with E-state index in [0.717, 1.165) is 24.9 Å². The van der Waals surface area contributed by atoms with Crippen LogP contribution >= 0.6 is 11.3 Å². The molecule has 0 radical (unpaired) electrons. The van der Waals surface area contributed by atoms with Gasteiger partial charge in [0, 0.05) is 24.0 Å². The van der Waals surface area contributed by atoms with Crippen molar-refractivity contribution in [3.63, 3.8) is 0 Å². The van der Waals surface area contributed by atoms with E-state index in [2.05, 4.69) is 0 Å². The number of rotatable bonds is 3. The molecule has 0 saturated carbocycles. The molecule has 6 nitrogen and oxygen atoms in total. The van der Waals surface area contributed by atoms with Crippen molar-refractivity contribution in [3.8, 4) is 0 Å². The summed E-state index contributed by atoms with van der Waals surface area (Å²) in [5, 5.41) is 3.82. The van der Waals surface area contributed by atoms with Gasteiger partial charge in [-0.05, 0) is 55.3 Å². The van der Waals surface area contributed by atoms with Crippen LogP contribution < -0.4 is 4.90 Å². The lowest BCUT2D eigenvalue weighted by atomic mass is 10.1. The van der Waals surface area contributed by atoms with E-state index in [1.54, 1.807) is 27.4 Å². The molecule has 3 aliphatic rings. The number of anilines is 2. The van der Waals surface area contributed by atoms with E-state index in [1.165, 1.54) is 11.3 Å². The zero-order valence-electron chi connectivity index (χ0n) is 16.4. The van der Waals surface area contributed by atoms with Crippen molar-refractivity contribution >= 4 is 39.6 Å². The molecule has 2 atom stereocenters. The Kier molecular flexibility index (Phi) is 5.49. The van der Waals surface area contributed by atoms with E-state index < -0.39 is 22.9 Å². The van der Waals surface area contributed by atoms with Crippen molar-refractivity contribution in [2.75, 3.05) is 31.2 Å². The SMILES string of the molecule is O=C1N(c2ccsc2)c2ccc(S(=O)N3CCC(F)C3)cc2C12OCCCCCO2. The molecule has 2 unspecified atom stereocenters. The van der Waals surface area contributed by atoms with Gasteiger partial charge >= 0.3 is 0 Å². The molecule has 30 heavy (non-hydrogen) atoms. The van der Waals surface area contributed by atoms with Crippen LogP contribution in [0.2, 0.25) is 0 Å². The minimum absolute atomic E-state index is 0.155. The lowest BCUT2D eigenvalue weighted by Crippen LogP contribution is -2.44. The van der Waals surface area contributed by atoms with Crippen molar-refractivity contribution in [2.24, 2.45) is 0 Å². The van der Waals surface area contributed by atoms with Gasteiger partial charge in [-0.3, -0.25) is 9.69 Å². The Hall–Kier alpha value is -1.65. The van der Waals surface area contributed by atoms with Crippen molar-refractivity contribution in [3.05, 3.63) is 40.6 Å². The lowest BCUT2D eigenvalue weighted by molar-refractivity contribution is -0.237. The molecule has 0 bridgehead atoms. The highest BCUT2D eigenvalue weighted by Gasteiger charge is 2.55. The second kappa shape index (κ2) is 8.12. The third kappa shape index (κ3) is 3.33. The van der Waals surface area contributed by atoms with Gasteiger partial charge in [0.1, 0.15) is 17.2 Å². The Balaban J connectivity index is 1.59. The number of hydrogen-bond acceptors (Lipinski definition) is 5. The number of halogens is 1. The smallest absolute Gasteiger partial charge is 0.297 e. The summed E-state index contributed by atoms with van der Waals surface area (Å²) in [6, 6.07) is 7.16. The molecule has 4 heterocycles. The third-order valence-corrected chi connectivity index (χ3v) is 7.87.